The Hall–Kier alpha value is -2.35. The summed E-state index contributed by atoms with van der Waals surface area (Å²) in [6, 6.07) is 14.3. The summed E-state index contributed by atoms with van der Waals surface area (Å²) in [6.45, 7) is 0. The van der Waals surface area contributed by atoms with E-state index in [0.717, 1.165) is 27.3 Å². The van der Waals surface area contributed by atoms with Crippen LogP contribution in [-0.4, -0.2) is 4.98 Å². The molecule has 0 aliphatic heterocycles. The van der Waals surface area contributed by atoms with E-state index in [4.69, 9.17) is 4.42 Å². The first-order chi connectivity index (χ1) is 8.43. The summed E-state index contributed by atoms with van der Waals surface area (Å²) in [5.41, 5.74) is 1.90. The van der Waals surface area contributed by atoms with Crippen molar-refractivity contribution in [3.05, 3.63) is 54.9 Å². The minimum atomic E-state index is 0.884. The van der Waals surface area contributed by atoms with Crippen LogP contribution in [0, 0.1) is 0 Å². The molecule has 4 aromatic rings. The Balaban J connectivity index is 2.41. The van der Waals surface area contributed by atoms with Gasteiger partial charge in [-0.3, -0.25) is 4.98 Å². The van der Waals surface area contributed by atoms with Gasteiger partial charge in [0.15, 0.2) is 0 Å². The van der Waals surface area contributed by atoms with Crippen LogP contribution in [0.15, 0.2) is 59.3 Å². The van der Waals surface area contributed by atoms with E-state index < -0.39 is 0 Å². The SMILES string of the molecule is c1ccc2c(c1)coc1ccc3ccnc3c12. The zero-order chi connectivity index (χ0) is 11.2. The molecule has 0 aliphatic rings. The molecule has 2 aromatic carbocycles. The second kappa shape index (κ2) is 3.08. The van der Waals surface area contributed by atoms with E-state index >= 15 is 0 Å². The third-order valence-corrected chi connectivity index (χ3v) is 3.17. The highest BCUT2D eigenvalue weighted by Crippen LogP contribution is 2.30. The van der Waals surface area contributed by atoms with E-state index in [2.05, 4.69) is 17.1 Å². The first kappa shape index (κ1) is 8.76. The molecule has 80 valence electrons. The van der Waals surface area contributed by atoms with Crippen molar-refractivity contribution in [1.29, 1.82) is 0 Å². The lowest BCUT2D eigenvalue weighted by Gasteiger charge is -2.03. The predicted molar refractivity (Wildman–Crippen MR) is 69.0 cm³/mol. The van der Waals surface area contributed by atoms with Gasteiger partial charge in [-0.1, -0.05) is 24.3 Å². The second-order valence-corrected chi connectivity index (χ2v) is 4.14. The van der Waals surface area contributed by atoms with Crippen molar-refractivity contribution < 1.29 is 4.42 Å². The first-order valence-corrected chi connectivity index (χ1v) is 5.57. The number of nitrogens with zero attached hydrogens (tertiary/aromatic N) is 1. The molecule has 17 heavy (non-hydrogen) atoms. The van der Waals surface area contributed by atoms with Crippen molar-refractivity contribution in [3.8, 4) is 0 Å². The van der Waals surface area contributed by atoms with Crippen LogP contribution in [-0.2, 0) is 0 Å². The Morgan fingerprint density at radius 1 is 0.882 bits per heavy atom. The number of aromatic nitrogens is 1. The van der Waals surface area contributed by atoms with Crippen LogP contribution < -0.4 is 0 Å². The topological polar surface area (TPSA) is 26.0 Å². The zero-order valence-corrected chi connectivity index (χ0v) is 9.05. The molecule has 0 bridgehead atoms. The van der Waals surface area contributed by atoms with E-state index in [0.29, 0.717) is 0 Å². The fraction of sp³-hybridized carbons (Fsp3) is 0. The molecular weight excluding hydrogens is 210 g/mol. The van der Waals surface area contributed by atoms with Gasteiger partial charge in [0.25, 0.3) is 0 Å². The Kier molecular flexibility index (Phi) is 1.59. The van der Waals surface area contributed by atoms with Crippen molar-refractivity contribution in [2.45, 2.75) is 0 Å². The largest absolute Gasteiger partial charge is 0.464 e. The number of hydrogen-bond acceptors (Lipinski definition) is 2. The molecule has 2 nitrogen and oxygen atoms in total. The molecule has 2 heteroatoms. The van der Waals surface area contributed by atoms with E-state index in [1.807, 2.05) is 36.5 Å². The number of rotatable bonds is 0. The van der Waals surface area contributed by atoms with E-state index in [-0.39, 0.29) is 0 Å². The lowest BCUT2D eigenvalue weighted by molar-refractivity contribution is 0.611. The van der Waals surface area contributed by atoms with Crippen LogP contribution in [0.5, 0.6) is 0 Å². The fourth-order valence-corrected chi connectivity index (χ4v) is 2.37. The molecule has 2 aromatic heterocycles. The molecule has 0 fully saturated rings. The van der Waals surface area contributed by atoms with Crippen LogP contribution >= 0.6 is 0 Å². The molecule has 4 rings (SSSR count). The van der Waals surface area contributed by atoms with E-state index in [1.165, 1.54) is 5.39 Å². The highest BCUT2D eigenvalue weighted by molar-refractivity contribution is 6.16. The lowest BCUT2D eigenvalue weighted by Crippen LogP contribution is -1.79. The van der Waals surface area contributed by atoms with Gasteiger partial charge in [-0.15, -0.1) is 0 Å². The summed E-state index contributed by atoms with van der Waals surface area (Å²) < 4.78 is 5.66. The molecule has 0 N–H and O–H groups in total. The summed E-state index contributed by atoms with van der Waals surface area (Å²) in [4.78, 5) is 4.44. The summed E-state index contributed by atoms with van der Waals surface area (Å²) >= 11 is 0. The molecule has 0 unspecified atom stereocenters. The molecule has 0 saturated carbocycles. The van der Waals surface area contributed by atoms with Crippen LogP contribution in [0.2, 0.25) is 0 Å². The van der Waals surface area contributed by atoms with Gasteiger partial charge in [-0.05, 0) is 23.6 Å². The Bertz CT molecular complexity index is 845. The molecule has 2 heterocycles. The summed E-state index contributed by atoms with van der Waals surface area (Å²) in [5, 5.41) is 4.56. The molecule has 0 atom stereocenters. The number of benzene rings is 2. The normalized spacial score (nSPS) is 11.5. The summed E-state index contributed by atoms with van der Waals surface area (Å²) in [6.07, 6.45) is 3.64. The van der Waals surface area contributed by atoms with Gasteiger partial charge in [0, 0.05) is 17.0 Å². The second-order valence-electron chi connectivity index (χ2n) is 4.14. The molecule has 0 amide bonds. The van der Waals surface area contributed by atoms with Crippen molar-refractivity contribution in [1.82, 2.24) is 4.98 Å². The van der Waals surface area contributed by atoms with Gasteiger partial charge in [0.1, 0.15) is 5.58 Å². The maximum atomic E-state index is 5.66. The number of hydrogen-bond donors (Lipinski definition) is 0. The van der Waals surface area contributed by atoms with Crippen LogP contribution in [0.25, 0.3) is 32.6 Å². The third-order valence-electron chi connectivity index (χ3n) is 3.17. The van der Waals surface area contributed by atoms with Crippen LogP contribution in [0.3, 0.4) is 0 Å². The maximum Gasteiger partial charge on any atom is 0.136 e. The van der Waals surface area contributed by atoms with Crippen LogP contribution in [0.4, 0.5) is 0 Å². The smallest absolute Gasteiger partial charge is 0.136 e. The Morgan fingerprint density at radius 3 is 2.82 bits per heavy atom. The van der Waals surface area contributed by atoms with E-state index in [9.17, 15) is 0 Å². The molecule has 0 spiro atoms. The number of fused-ring (bicyclic) bond motifs is 5. The van der Waals surface area contributed by atoms with E-state index in [1.54, 1.807) is 6.26 Å². The highest BCUT2D eigenvalue weighted by atomic mass is 16.3. The van der Waals surface area contributed by atoms with Crippen molar-refractivity contribution >= 4 is 32.6 Å². The molecule has 0 radical (unpaired) electrons. The highest BCUT2D eigenvalue weighted by Gasteiger charge is 2.07. The van der Waals surface area contributed by atoms with Crippen molar-refractivity contribution in [2.24, 2.45) is 0 Å². The maximum absolute atomic E-state index is 5.66. The van der Waals surface area contributed by atoms with Gasteiger partial charge < -0.3 is 4.42 Å². The minimum Gasteiger partial charge on any atom is -0.464 e. The monoisotopic (exact) mass is 219 g/mol. The molecule has 0 aliphatic carbocycles. The summed E-state index contributed by atoms with van der Waals surface area (Å²) in [5.74, 6) is 0. The fourth-order valence-electron chi connectivity index (χ4n) is 2.37. The Labute approximate surface area is 97.5 Å². The van der Waals surface area contributed by atoms with Gasteiger partial charge >= 0.3 is 0 Å². The predicted octanol–water partition coefficient (Wildman–Crippen LogP) is 4.13. The first-order valence-electron chi connectivity index (χ1n) is 5.57. The van der Waals surface area contributed by atoms with Crippen molar-refractivity contribution in [2.75, 3.05) is 0 Å². The average molecular weight is 219 g/mol. The lowest BCUT2D eigenvalue weighted by atomic mass is 10.1. The molecule has 0 saturated heterocycles. The van der Waals surface area contributed by atoms with Gasteiger partial charge in [0.2, 0.25) is 0 Å². The zero-order valence-electron chi connectivity index (χ0n) is 9.05. The minimum absolute atomic E-state index is 0.884. The van der Waals surface area contributed by atoms with Crippen molar-refractivity contribution in [3.63, 3.8) is 0 Å². The Morgan fingerprint density at radius 2 is 1.82 bits per heavy atom. The standard InChI is InChI=1S/C15H9NO/c1-2-4-12-11(3-1)9-17-13-6-5-10-7-8-16-15(10)14(12)13/h1-9H. The van der Waals surface area contributed by atoms with Gasteiger partial charge in [-0.25, -0.2) is 0 Å². The van der Waals surface area contributed by atoms with Gasteiger partial charge in [0.05, 0.1) is 17.2 Å². The van der Waals surface area contributed by atoms with Crippen LogP contribution in [0.1, 0.15) is 0 Å². The quantitative estimate of drug-likeness (QED) is 0.415. The van der Waals surface area contributed by atoms with Gasteiger partial charge in [-0.2, -0.15) is 0 Å². The average Bonchev–Trinajstić information content (AvgIpc) is 2.86. The molecular formula is C15H9NO. The third kappa shape index (κ3) is 1.12. The summed E-state index contributed by atoms with van der Waals surface area (Å²) in [7, 11) is 0.